The Morgan fingerprint density at radius 2 is 1.54 bits per heavy atom. The minimum atomic E-state index is -0.318. The van der Waals surface area contributed by atoms with Crippen LogP contribution in [-0.2, 0) is 0 Å². The molecular weight excluding hydrogens is 309 g/mol. The van der Waals surface area contributed by atoms with Gasteiger partial charge in [-0.25, -0.2) is 4.39 Å². The van der Waals surface area contributed by atoms with Crippen molar-refractivity contribution in [3.05, 3.63) is 66.0 Å². The number of aryl methyl sites for hydroxylation is 1. The monoisotopic (exact) mass is 321 g/mol. The zero-order valence-corrected chi connectivity index (χ0v) is 12.7. The Labute approximate surface area is 136 Å². The maximum atomic E-state index is 13.0. The van der Waals surface area contributed by atoms with Crippen LogP contribution in [0.15, 0.2) is 63.6 Å². The summed E-state index contributed by atoms with van der Waals surface area (Å²) in [5, 5.41) is 7.87. The van der Waals surface area contributed by atoms with Crippen LogP contribution in [0, 0.1) is 12.7 Å². The van der Waals surface area contributed by atoms with Crippen LogP contribution < -0.4 is 0 Å². The first kappa shape index (κ1) is 14.3. The van der Waals surface area contributed by atoms with Gasteiger partial charge in [0.1, 0.15) is 5.82 Å². The average molecular weight is 321 g/mol. The van der Waals surface area contributed by atoms with Gasteiger partial charge in [0.25, 0.3) is 5.89 Å². The third-order valence-corrected chi connectivity index (χ3v) is 3.59. The lowest BCUT2D eigenvalue weighted by molar-refractivity contribution is 0.411. The highest BCUT2D eigenvalue weighted by molar-refractivity contribution is 5.64. The number of nitrogens with zero attached hydrogens (tertiary/aromatic N) is 3. The summed E-state index contributed by atoms with van der Waals surface area (Å²) in [6, 6.07) is 15.5. The van der Waals surface area contributed by atoms with Crippen LogP contribution >= 0.6 is 0 Å². The van der Waals surface area contributed by atoms with E-state index in [1.165, 1.54) is 17.7 Å². The van der Waals surface area contributed by atoms with Crippen LogP contribution in [0.5, 0.6) is 0 Å². The predicted octanol–water partition coefficient (Wildman–Crippen LogP) is 4.51. The molecule has 0 N–H and O–H groups in total. The predicted molar refractivity (Wildman–Crippen MR) is 85.4 cm³/mol. The van der Waals surface area contributed by atoms with Gasteiger partial charge in [0, 0.05) is 17.2 Å². The Morgan fingerprint density at radius 3 is 2.29 bits per heavy atom. The van der Waals surface area contributed by atoms with E-state index in [0.717, 1.165) is 5.56 Å². The molecule has 2 heterocycles. The molecule has 0 bridgehead atoms. The van der Waals surface area contributed by atoms with E-state index in [9.17, 15) is 4.39 Å². The van der Waals surface area contributed by atoms with Crippen LogP contribution in [0.3, 0.4) is 0 Å². The Kier molecular flexibility index (Phi) is 3.42. The smallest absolute Gasteiger partial charge is 0.280 e. The molecule has 0 aliphatic rings. The largest absolute Gasteiger partial charge is 0.355 e. The summed E-state index contributed by atoms with van der Waals surface area (Å²) in [7, 11) is 0. The molecule has 0 saturated heterocycles. The van der Waals surface area contributed by atoms with Crippen molar-refractivity contribution in [1.82, 2.24) is 15.3 Å². The van der Waals surface area contributed by atoms with Crippen LogP contribution in [0.1, 0.15) is 5.56 Å². The number of hydrogen-bond donors (Lipinski definition) is 0. The number of rotatable bonds is 3. The fraction of sp³-hybridized carbons (Fsp3) is 0.0556. The molecule has 0 atom stereocenters. The molecular formula is C18H12FN3O2. The summed E-state index contributed by atoms with van der Waals surface area (Å²) in [5.41, 5.74) is 3.19. The van der Waals surface area contributed by atoms with Gasteiger partial charge < -0.3 is 9.05 Å². The molecule has 24 heavy (non-hydrogen) atoms. The van der Waals surface area contributed by atoms with Crippen molar-refractivity contribution in [1.29, 1.82) is 0 Å². The van der Waals surface area contributed by atoms with Crippen molar-refractivity contribution in [2.75, 3.05) is 0 Å². The molecule has 6 heteroatoms. The molecule has 0 aliphatic carbocycles. The number of halogens is 1. The van der Waals surface area contributed by atoms with Gasteiger partial charge in [-0.2, -0.15) is 4.98 Å². The van der Waals surface area contributed by atoms with Gasteiger partial charge in [-0.05, 0) is 31.2 Å². The number of aromatic nitrogens is 3. The van der Waals surface area contributed by atoms with Gasteiger partial charge in [-0.1, -0.05) is 40.1 Å². The lowest BCUT2D eigenvalue weighted by atomic mass is 10.1. The van der Waals surface area contributed by atoms with E-state index >= 15 is 0 Å². The van der Waals surface area contributed by atoms with Crippen molar-refractivity contribution in [3.63, 3.8) is 0 Å². The first-order valence-electron chi connectivity index (χ1n) is 7.33. The first-order chi connectivity index (χ1) is 11.7. The van der Waals surface area contributed by atoms with Crippen LogP contribution in [0.4, 0.5) is 4.39 Å². The highest BCUT2D eigenvalue weighted by atomic mass is 19.1. The normalized spacial score (nSPS) is 10.9. The molecule has 0 amide bonds. The topological polar surface area (TPSA) is 65.0 Å². The van der Waals surface area contributed by atoms with Crippen molar-refractivity contribution in [3.8, 4) is 34.3 Å². The maximum Gasteiger partial charge on any atom is 0.280 e. The second-order valence-electron chi connectivity index (χ2n) is 5.37. The van der Waals surface area contributed by atoms with Crippen molar-refractivity contribution in [2.24, 2.45) is 0 Å². The minimum Gasteiger partial charge on any atom is -0.355 e. The average Bonchev–Trinajstić information content (AvgIpc) is 3.25. The second kappa shape index (κ2) is 5.73. The van der Waals surface area contributed by atoms with Crippen LogP contribution in [-0.4, -0.2) is 15.3 Å². The Balaban J connectivity index is 1.63. The van der Waals surface area contributed by atoms with Gasteiger partial charge in [0.05, 0.1) is 0 Å². The van der Waals surface area contributed by atoms with E-state index in [-0.39, 0.29) is 11.7 Å². The van der Waals surface area contributed by atoms with Crippen LogP contribution in [0.2, 0.25) is 0 Å². The molecule has 2 aromatic heterocycles. The van der Waals surface area contributed by atoms with E-state index in [0.29, 0.717) is 22.8 Å². The molecule has 118 valence electrons. The molecule has 4 aromatic rings. The highest BCUT2D eigenvalue weighted by Crippen LogP contribution is 2.27. The van der Waals surface area contributed by atoms with Crippen LogP contribution in [0.25, 0.3) is 34.3 Å². The third kappa shape index (κ3) is 2.69. The Morgan fingerprint density at radius 1 is 0.833 bits per heavy atom. The summed E-state index contributed by atoms with van der Waals surface area (Å²) in [4.78, 5) is 4.28. The SMILES string of the molecule is Cc1ccc(-c2cc(-c3nc(-c4ccc(F)cc4)no3)no2)cc1. The number of benzene rings is 2. The van der Waals surface area contributed by atoms with Gasteiger partial charge in [-0.15, -0.1) is 0 Å². The van der Waals surface area contributed by atoms with Crippen molar-refractivity contribution >= 4 is 0 Å². The van der Waals surface area contributed by atoms with E-state index in [1.54, 1.807) is 18.2 Å². The summed E-state index contributed by atoms with van der Waals surface area (Å²) < 4.78 is 23.5. The van der Waals surface area contributed by atoms with E-state index in [1.807, 2.05) is 31.2 Å². The number of hydrogen-bond acceptors (Lipinski definition) is 5. The standard InChI is InChI=1S/C18H12FN3O2/c1-11-2-4-12(5-3-11)16-10-15(21-23-16)18-20-17(22-24-18)13-6-8-14(19)9-7-13/h2-10H,1H3. The van der Waals surface area contributed by atoms with E-state index in [2.05, 4.69) is 15.3 Å². The lowest BCUT2D eigenvalue weighted by Crippen LogP contribution is -1.82. The zero-order valence-electron chi connectivity index (χ0n) is 12.7. The van der Waals surface area contributed by atoms with E-state index in [4.69, 9.17) is 9.05 Å². The minimum absolute atomic E-state index is 0.247. The van der Waals surface area contributed by atoms with Gasteiger partial charge in [-0.3, -0.25) is 0 Å². The van der Waals surface area contributed by atoms with E-state index < -0.39 is 0 Å². The maximum absolute atomic E-state index is 13.0. The lowest BCUT2D eigenvalue weighted by Gasteiger charge is -1.95. The zero-order chi connectivity index (χ0) is 16.5. The molecule has 4 rings (SSSR count). The molecule has 0 radical (unpaired) electrons. The Bertz CT molecular complexity index is 890. The molecule has 0 fully saturated rings. The molecule has 0 spiro atoms. The van der Waals surface area contributed by atoms with Crippen molar-refractivity contribution in [2.45, 2.75) is 6.92 Å². The summed E-state index contributed by atoms with van der Waals surface area (Å²) >= 11 is 0. The quantitative estimate of drug-likeness (QED) is 0.555. The van der Waals surface area contributed by atoms with Crippen molar-refractivity contribution < 1.29 is 13.4 Å². The second-order valence-corrected chi connectivity index (χ2v) is 5.37. The fourth-order valence-corrected chi connectivity index (χ4v) is 2.27. The highest BCUT2D eigenvalue weighted by Gasteiger charge is 2.16. The summed E-state index contributed by atoms with van der Waals surface area (Å²) in [6.45, 7) is 2.02. The molecule has 5 nitrogen and oxygen atoms in total. The summed E-state index contributed by atoms with van der Waals surface area (Å²) in [5.74, 6) is 0.912. The molecule has 0 aliphatic heterocycles. The fourth-order valence-electron chi connectivity index (χ4n) is 2.27. The Hall–Kier alpha value is -3.28. The summed E-state index contributed by atoms with van der Waals surface area (Å²) in [6.07, 6.45) is 0. The molecule has 0 saturated carbocycles. The van der Waals surface area contributed by atoms with Gasteiger partial charge >= 0.3 is 0 Å². The van der Waals surface area contributed by atoms with Gasteiger partial charge in [0.2, 0.25) is 5.82 Å². The molecule has 0 unspecified atom stereocenters. The third-order valence-electron chi connectivity index (χ3n) is 3.59. The van der Waals surface area contributed by atoms with Gasteiger partial charge in [0.15, 0.2) is 11.5 Å². The first-order valence-corrected chi connectivity index (χ1v) is 7.33. The molecule has 2 aromatic carbocycles.